The van der Waals surface area contributed by atoms with Gasteiger partial charge in [-0.2, -0.15) is 0 Å². The Morgan fingerprint density at radius 3 is 2.89 bits per heavy atom. The molecule has 2 aromatic heterocycles. The normalized spacial score (nSPS) is 13.1. The van der Waals surface area contributed by atoms with Crippen LogP contribution in [0.15, 0.2) is 53.5 Å². The van der Waals surface area contributed by atoms with Crippen molar-refractivity contribution in [2.75, 3.05) is 11.1 Å². The first-order chi connectivity index (χ1) is 13.8. The predicted octanol–water partition coefficient (Wildman–Crippen LogP) is 4.80. The lowest BCUT2D eigenvalue weighted by atomic mass is 9.95. The molecule has 1 aromatic carbocycles. The van der Waals surface area contributed by atoms with Gasteiger partial charge in [-0.15, -0.1) is 28.1 Å². The van der Waals surface area contributed by atoms with E-state index in [1.54, 1.807) is 0 Å². The Labute approximate surface area is 172 Å². The third-order valence-corrected chi connectivity index (χ3v) is 6.78. The third kappa shape index (κ3) is 4.05. The minimum absolute atomic E-state index is 0.0567. The van der Waals surface area contributed by atoms with Gasteiger partial charge < -0.3 is 5.32 Å². The summed E-state index contributed by atoms with van der Waals surface area (Å²) >= 11 is 3.23. The first-order valence-electron chi connectivity index (χ1n) is 9.37. The monoisotopic (exact) mass is 410 g/mol. The Hall–Kier alpha value is -2.38. The highest BCUT2D eigenvalue weighted by Crippen LogP contribution is 2.36. The maximum Gasteiger partial charge on any atom is 0.234 e. The Kier molecular flexibility index (Phi) is 5.92. The van der Waals surface area contributed by atoms with Gasteiger partial charge in [-0.3, -0.25) is 9.36 Å². The van der Waals surface area contributed by atoms with Gasteiger partial charge in [-0.05, 0) is 43.4 Å². The van der Waals surface area contributed by atoms with Gasteiger partial charge in [0, 0.05) is 28.1 Å². The number of anilines is 1. The molecule has 4 rings (SSSR count). The van der Waals surface area contributed by atoms with Crippen LogP contribution in [0.1, 0.15) is 23.3 Å². The maximum atomic E-state index is 12.3. The summed E-state index contributed by atoms with van der Waals surface area (Å²) in [7, 11) is 0. The Balaban J connectivity index is 1.51. The van der Waals surface area contributed by atoms with Gasteiger partial charge in [0.1, 0.15) is 0 Å². The standard InChI is InChI=1S/C21H22N4OS2/c1-2-12-25-20(17-13-27-18-11-7-6-10-16(17)18)23-24-21(25)28-14-19(26)22-15-8-4-3-5-9-15/h2-5,8-9,13H,1,6-7,10-12,14H2,(H,22,26). The SMILES string of the molecule is C=CCn1c(SCC(=O)Nc2ccccc2)nnc1-c1csc2c1CCCC2. The van der Waals surface area contributed by atoms with E-state index in [9.17, 15) is 4.79 Å². The topological polar surface area (TPSA) is 59.8 Å². The van der Waals surface area contributed by atoms with Crippen LogP contribution < -0.4 is 5.32 Å². The number of para-hydroxylation sites is 1. The van der Waals surface area contributed by atoms with Gasteiger partial charge in [-0.25, -0.2) is 0 Å². The number of allylic oxidation sites excluding steroid dienone is 1. The molecule has 2 heterocycles. The summed E-state index contributed by atoms with van der Waals surface area (Å²) in [6.45, 7) is 4.50. The molecule has 0 unspecified atom stereocenters. The second-order valence-electron chi connectivity index (χ2n) is 6.67. The van der Waals surface area contributed by atoms with Crippen molar-refractivity contribution in [3.63, 3.8) is 0 Å². The summed E-state index contributed by atoms with van der Waals surface area (Å²) in [5.74, 6) is 1.11. The van der Waals surface area contributed by atoms with Gasteiger partial charge in [0.25, 0.3) is 0 Å². The second kappa shape index (κ2) is 8.75. The second-order valence-corrected chi connectivity index (χ2v) is 8.57. The van der Waals surface area contributed by atoms with Gasteiger partial charge in [0.2, 0.25) is 5.91 Å². The van der Waals surface area contributed by atoms with Crippen LogP contribution in [0.4, 0.5) is 5.69 Å². The van der Waals surface area contributed by atoms with Gasteiger partial charge in [0.05, 0.1) is 5.75 Å². The van der Waals surface area contributed by atoms with Crippen molar-refractivity contribution in [2.24, 2.45) is 0 Å². The summed E-state index contributed by atoms with van der Waals surface area (Å²) in [5, 5.41) is 14.7. The van der Waals surface area contributed by atoms with E-state index in [0.29, 0.717) is 6.54 Å². The number of thioether (sulfide) groups is 1. The predicted molar refractivity (Wildman–Crippen MR) is 116 cm³/mol. The number of hydrogen-bond acceptors (Lipinski definition) is 5. The average Bonchev–Trinajstić information content (AvgIpc) is 3.31. The molecule has 0 saturated heterocycles. The molecule has 0 spiro atoms. The minimum atomic E-state index is -0.0567. The van der Waals surface area contributed by atoms with E-state index < -0.39 is 0 Å². The number of aromatic nitrogens is 3. The fourth-order valence-corrected chi connectivity index (χ4v) is 5.29. The lowest BCUT2D eigenvalue weighted by molar-refractivity contribution is -0.113. The molecule has 0 fully saturated rings. The van der Waals surface area contributed by atoms with Crippen LogP contribution in [0.2, 0.25) is 0 Å². The number of carbonyl (C=O) groups is 1. The van der Waals surface area contributed by atoms with E-state index in [1.807, 2.05) is 47.7 Å². The molecule has 5 nitrogen and oxygen atoms in total. The molecule has 0 atom stereocenters. The molecule has 0 radical (unpaired) electrons. The zero-order chi connectivity index (χ0) is 19.3. The quantitative estimate of drug-likeness (QED) is 0.449. The van der Waals surface area contributed by atoms with E-state index in [2.05, 4.69) is 32.0 Å². The van der Waals surface area contributed by atoms with Crippen LogP contribution in [0.5, 0.6) is 0 Å². The van der Waals surface area contributed by atoms with Crippen molar-refractivity contribution in [3.05, 3.63) is 58.8 Å². The first-order valence-corrected chi connectivity index (χ1v) is 11.2. The number of benzene rings is 1. The molecule has 3 aromatic rings. The lowest BCUT2D eigenvalue weighted by Gasteiger charge is -2.13. The van der Waals surface area contributed by atoms with Crippen LogP contribution in [-0.2, 0) is 24.2 Å². The van der Waals surface area contributed by atoms with Crippen LogP contribution in [0.25, 0.3) is 11.4 Å². The van der Waals surface area contributed by atoms with Crippen molar-refractivity contribution in [3.8, 4) is 11.4 Å². The number of nitrogens with one attached hydrogen (secondary N) is 1. The Morgan fingerprint density at radius 2 is 2.07 bits per heavy atom. The largest absolute Gasteiger partial charge is 0.325 e. The van der Waals surface area contributed by atoms with E-state index in [1.165, 1.54) is 40.6 Å². The van der Waals surface area contributed by atoms with E-state index >= 15 is 0 Å². The van der Waals surface area contributed by atoms with Gasteiger partial charge in [-0.1, -0.05) is 36.0 Å². The fraction of sp³-hybridized carbons (Fsp3) is 0.286. The summed E-state index contributed by atoms with van der Waals surface area (Å²) < 4.78 is 2.06. The number of nitrogens with zero attached hydrogens (tertiary/aromatic N) is 3. The molecule has 1 aliphatic rings. The van der Waals surface area contributed by atoms with Gasteiger partial charge >= 0.3 is 0 Å². The van der Waals surface area contributed by atoms with Crippen molar-refractivity contribution >= 4 is 34.7 Å². The number of hydrogen-bond donors (Lipinski definition) is 1. The summed E-state index contributed by atoms with van der Waals surface area (Å²) in [4.78, 5) is 13.8. The summed E-state index contributed by atoms with van der Waals surface area (Å²) in [6, 6.07) is 9.47. The molecule has 0 aliphatic heterocycles. The van der Waals surface area contributed by atoms with E-state index in [0.717, 1.165) is 29.5 Å². The van der Waals surface area contributed by atoms with Crippen LogP contribution in [0.3, 0.4) is 0 Å². The van der Waals surface area contributed by atoms with Crippen LogP contribution in [-0.4, -0.2) is 26.4 Å². The summed E-state index contributed by atoms with van der Waals surface area (Å²) in [6.07, 6.45) is 6.62. The molecule has 144 valence electrons. The number of thiophene rings is 1. The Bertz CT molecular complexity index is 978. The number of amides is 1. The minimum Gasteiger partial charge on any atom is -0.325 e. The third-order valence-electron chi connectivity index (χ3n) is 4.72. The molecule has 0 bridgehead atoms. The van der Waals surface area contributed by atoms with Crippen molar-refractivity contribution in [1.82, 2.24) is 14.8 Å². The number of rotatable bonds is 7. The molecule has 1 amide bonds. The molecule has 7 heteroatoms. The molecule has 28 heavy (non-hydrogen) atoms. The van der Waals surface area contributed by atoms with E-state index in [-0.39, 0.29) is 11.7 Å². The lowest BCUT2D eigenvalue weighted by Crippen LogP contribution is -2.14. The molecule has 1 aliphatic carbocycles. The van der Waals surface area contributed by atoms with Crippen molar-refractivity contribution < 1.29 is 4.79 Å². The average molecular weight is 411 g/mol. The first kappa shape index (κ1) is 19.0. The van der Waals surface area contributed by atoms with Gasteiger partial charge in [0.15, 0.2) is 11.0 Å². The summed E-state index contributed by atoms with van der Waals surface area (Å²) in [5.41, 5.74) is 3.41. The van der Waals surface area contributed by atoms with Crippen molar-refractivity contribution in [1.29, 1.82) is 0 Å². The molecule has 1 N–H and O–H groups in total. The maximum absolute atomic E-state index is 12.3. The molecular weight excluding hydrogens is 388 g/mol. The highest BCUT2D eigenvalue weighted by atomic mass is 32.2. The molecular formula is C21H22N4OS2. The fourth-order valence-electron chi connectivity index (χ4n) is 3.42. The van der Waals surface area contributed by atoms with Crippen LogP contribution in [0, 0.1) is 0 Å². The highest BCUT2D eigenvalue weighted by Gasteiger charge is 2.22. The Morgan fingerprint density at radius 1 is 1.25 bits per heavy atom. The zero-order valence-electron chi connectivity index (χ0n) is 15.6. The highest BCUT2D eigenvalue weighted by molar-refractivity contribution is 7.99. The number of carbonyl (C=O) groups excluding carboxylic acids is 1. The smallest absolute Gasteiger partial charge is 0.234 e. The molecule has 0 saturated carbocycles. The van der Waals surface area contributed by atoms with E-state index in [4.69, 9.17) is 0 Å². The number of fused-ring (bicyclic) bond motifs is 1. The number of aryl methyl sites for hydroxylation is 1. The zero-order valence-corrected chi connectivity index (χ0v) is 17.2. The van der Waals surface area contributed by atoms with Crippen LogP contribution >= 0.6 is 23.1 Å². The van der Waals surface area contributed by atoms with Crippen molar-refractivity contribution in [2.45, 2.75) is 37.4 Å².